The van der Waals surface area contributed by atoms with Crippen LogP contribution in [0.25, 0.3) is 0 Å². The van der Waals surface area contributed by atoms with Crippen molar-refractivity contribution in [2.45, 2.75) is 38.7 Å². The van der Waals surface area contributed by atoms with Gasteiger partial charge < -0.3 is 14.2 Å². The predicted octanol–water partition coefficient (Wildman–Crippen LogP) is 2.96. The third kappa shape index (κ3) is 4.78. The molecule has 0 spiro atoms. The Morgan fingerprint density at radius 2 is 1.52 bits per heavy atom. The van der Waals surface area contributed by atoms with Gasteiger partial charge >= 0.3 is 17.9 Å². The maximum Gasteiger partial charge on any atom is 0.340 e. The average Bonchev–Trinajstić information content (AvgIpc) is 2.97. The van der Waals surface area contributed by atoms with E-state index in [1.165, 1.54) is 18.2 Å². The third-order valence-corrected chi connectivity index (χ3v) is 4.23. The number of benzene rings is 2. The first-order valence-corrected chi connectivity index (χ1v) is 8.86. The van der Waals surface area contributed by atoms with Crippen molar-refractivity contribution in [1.82, 2.24) is 0 Å². The van der Waals surface area contributed by atoms with Crippen LogP contribution in [0.3, 0.4) is 0 Å². The van der Waals surface area contributed by atoms with Gasteiger partial charge in [-0.05, 0) is 30.7 Å². The van der Waals surface area contributed by atoms with Gasteiger partial charge in [-0.25, -0.2) is 14.0 Å². The van der Waals surface area contributed by atoms with Crippen LogP contribution in [0.4, 0.5) is 4.39 Å². The van der Waals surface area contributed by atoms with E-state index >= 15 is 0 Å². The Bertz CT molecular complexity index is 899. The molecule has 0 bridgehead atoms. The van der Waals surface area contributed by atoms with Gasteiger partial charge in [-0.1, -0.05) is 36.4 Å². The van der Waals surface area contributed by atoms with Gasteiger partial charge in [0.15, 0.2) is 0 Å². The number of alkyl halides is 1. The molecule has 1 aliphatic heterocycles. The molecule has 2 aromatic rings. The van der Waals surface area contributed by atoms with Crippen LogP contribution >= 0.6 is 0 Å². The van der Waals surface area contributed by atoms with E-state index < -0.39 is 42.8 Å². The zero-order valence-electron chi connectivity index (χ0n) is 15.7. The van der Waals surface area contributed by atoms with E-state index in [1.54, 1.807) is 43.3 Å². The molecule has 4 atom stereocenters. The first-order chi connectivity index (χ1) is 13.9. The Balaban J connectivity index is 1.75. The molecular formula is C21H19FO7. The van der Waals surface area contributed by atoms with Gasteiger partial charge in [0, 0.05) is 6.92 Å². The molecule has 8 heteroatoms. The van der Waals surface area contributed by atoms with E-state index in [1.807, 2.05) is 0 Å². The van der Waals surface area contributed by atoms with E-state index in [0.717, 1.165) is 6.92 Å². The first-order valence-electron chi connectivity index (χ1n) is 8.86. The normalized spacial score (nSPS) is 23.3. The summed E-state index contributed by atoms with van der Waals surface area (Å²) in [6.07, 6.45) is -6.91. The highest BCUT2D eigenvalue weighted by molar-refractivity contribution is 5.91. The molecular weight excluding hydrogens is 383 g/mol. The van der Waals surface area contributed by atoms with Crippen molar-refractivity contribution in [2.24, 2.45) is 0 Å². The molecule has 1 unspecified atom stereocenters. The molecule has 7 nitrogen and oxygen atoms in total. The van der Waals surface area contributed by atoms with Crippen molar-refractivity contribution in [2.75, 3.05) is 0 Å². The summed E-state index contributed by atoms with van der Waals surface area (Å²) in [7, 11) is 0. The minimum Gasteiger partial charge on any atom is -0.449 e. The number of halogens is 1. The van der Waals surface area contributed by atoms with Crippen LogP contribution in [0, 0.1) is 6.92 Å². The molecule has 0 aliphatic carbocycles. The van der Waals surface area contributed by atoms with E-state index in [0.29, 0.717) is 5.56 Å². The van der Waals surface area contributed by atoms with Crippen LogP contribution in [-0.2, 0) is 23.7 Å². The minimum absolute atomic E-state index is 0.182. The Morgan fingerprint density at radius 1 is 0.862 bits per heavy atom. The lowest BCUT2D eigenvalue weighted by molar-refractivity contribution is -0.207. The number of hydrogen-bond acceptors (Lipinski definition) is 7. The third-order valence-electron chi connectivity index (χ3n) is 4.23. The molecule has 1 fully saturated rings. The Morgan fingerprint density at radius 3 is 2.17 bits per heavy atom. The number of esters is 3. The second-order valence-electron chi connectivity index (χ2n) is 6.38. The zero-order chi connectivity index (χ0) is 21.0. The highest BCUT2D eigenvalue weighted by Gasteiger charge is 2.52. The van der Waals surface area contributed by atoms with Gasteiger partial charge in [0.25, 0.3) is 0 Å². The fraction of sp³-hybridized carbons (Fsp3) is 0.286. The second kappa shape index (κ2) is 8.83. The highest BCUT2D eigenvalue weighted by atomic mass is 19.1. The number of hydrogen-bond donors (Lipinski definition) is 0. The lowest BCUT2D eigenvalue weighted by Crippen LogP contribution is -2.37. The monoisotopic (exact) mass is 402 g/mol. The van der Waals surface area contributed by atoms with Gasteiger partial charge in [0.1, 0.15) is 0 Å². The van der Waals surface area contributed by atoms with Gasteiger partial charge in [-0.3, -0.25) is 9.53 Å². The summed E-state index contributed by atoms with van der Waals surface area (Å²) in [6, 6.07) is 14.5. The lowest BCUT2D eigenvalue weighted by atomic mass is 10.1. The van der Waals surface area contributed by atoms with Gasteiger partial charge in [-0.15, -0.1) is 0 Å². The van der Waals surface area contributed by atoms with Crippen molar-refractivity contribution < 1.29 is 37.7 Å². The quantitative estimate of drug-likeness (QED) is 0.561. The van der Waals surface area contributed by atoms with Gasteiger partial charge in [0.2, 0.25) is 24.9 Å². The summed E-state index contributed by atoms with van der Waals surface area (Å²) in [5.74, 6) is -2.41. The first kappa shape index (κ1) is 20.5. The van der Waals surface area contributed by atoms with Crippen molar-refractivity contribution in [3.63, 3.8) is 0 Å². The maximum atomic E-state index is 14.9. The van der Waals surface area contributed by atoms with Gasteiger partial charge in [0.05, 0.1) is 11.1 Å². The predicted molar refractivity (Wildman–Crippen MR) is 97.6 cm³/mol. The largest absolute Gasteiger partial charge is 0.449 e. The van der Waals surface area contributed by atoms with Crippen LogP contribution in [0.15, 0.2) is 54.6 Å². The average molecular weight is 402 g/mol. The molecule has 0 amide bonds. The van der Waals surface area contributed by atoms with Crippen LogP contribution in [-0.4, -0.2) is 42.8 Å². The van der Waals surface area contributed by atoms with Crippen LogP contribution in [0.5, 0.6) is 0 Å². The number of carbonyl (C=O) groups is 3. The molecule has 0 aromatic heterocycles. The van der Waals surface area contributed by atoms with Crippen molar-refractivity contribution >= 4 is 17.9 Å². The lowest BCUT2D eigenvalue weighted by Gasteiger charge is -2.18. The van der Waals surface area contributed by atoms with Crippen LogP contribution in [0.1, 0.15) is 33.2 Å². The zero-order valence-corrected chi connectivity index (χ0v) is 15.7. The van der Waals surface area contributed by atoms with E-state index in [4.69, 9.17) is 18.9 Å². The van der Waals surface area contributed by atoms with Crippen LogP contribution in [0.2, 0.25) is 0 Å². The molecule has 0 saturated carbocycles. The SMILES string of the molecule is CC(=O)OC1O[C@H](OC(=O)c2ccccc2C)[C@H](F)[C@H]1OC(=O)c1ccccc1. The van der Waals surface area contributed by atoms with E-state index in [-0.39, 0.29) is 11.1 Å². The maximum absolute atomic E-state index is 14.9. The number of rotatable bonds is 5. The Labute approximate surface area is 166 Å². The molecule has 1 saturated heterocycles. The molecule has 152 valence electrons. The smallest absolute Gasteiger partial charge is 0.340 e. The molecule has 1 aliphatic rings. The summed E-state index contributed by atoms with van der Waals surface area (Å²) in [5.41, 5.74) is 1.05. The Hall–Kier alpha value is -3.26. The molecule has 29 heavy (non-hydrogen) atoms. The summed E-state index contributed by atoms with van der Waals surface area (Å²) in [5, 5.41) is 0. The molecule has 3 rings (SSSR count). The molecule has 0 N–H and O–H groups in total. The Kier molecular flexibility index (Phi) is 6.23. The molecule has 1 heterocycles. The van der Waals surface area contributed by atoms with E-state index in [9.17, 15) is 18.8 Å². The standard InChI is InChI=1S/C21H19FO7/c1-12-8-6-7-11-15(12)19(25)28-20-16(22)17(21(29-20)26-13(2)23)27-18(24)14-9-4-3-5-10-14/h3-11,16-17,20-21H,1-2H3/t16-,17-,20+,21?/m1/s1. The minimum atomic E-state index is -2.06. The second-order valence-corrected chi connectivity index (χ2v) is 6.38. The summed E-state index contributed by atoms with van der Waals surface area (Å²) in [4.78, 5) is 36.0. The summed E-state index contributed by atoms with van der Waals surface area (Å²) >= 11 is 0. The summed E-state index contributed by atoms with van der Waals surface area (Å²) < 4.78 is 35.3. The number of carbonyl (C=O) groups excluding carboxylic acids is 3. The number of ether oxygens (including phenoxy) is 4. The van der Waals surface area contributed by atoms with Crippen molar-refractivity contribution in [3.05, 3.63) is 71.3 Å². The highest BCUT2D eigenvalue weighted by Crippen LogP contribution is 2.30. The summed E-state index contributed by atoms with van der Waals surface area (Å²) in [6.45, 7) is 2.80. The van der Waals surface area contributed by atoms with E-state index in [2.05, 4.69) is 0 Å². The fourth-order valence-electron chi connectivity index (χ4n) is 2.80. The van der Waals surface area contributed by atoms with Crippen molar-refractivity contribution in [1.29, 1.82) is 0 Å². The van der Waals surface area contributed by atoms with Crippen molar-refractivity contribution in [3.8, 4) is 0 Å². The van der Waals surface area contributed by atoms with Crippen LogP contribution < -0.4 is 0 Å². The molecule has 0 radical (unpaired) electrons. The fourth-order valence-corrected chi connectivity index (χ4v) is 2.80. The number of aryl methyl sites for hydroxylation is 1. The van der Waals surface area contributed by atoms with Gasteiger partial charge in [-0.2, -0.15) is 0 Å². The topological polar surface area (TPSA) is 88.1 Å². The molecule has 2 aromatic carbocycles.